The minimum Gasteiger partial charge on any atom is -0.296 e. The normalized spacial score (nSPS) is 33.8. The summed E-state index contributed by atoms with van der Waals surface area (Å²) in [6.07, 6.45) is 10.7. The van der Waals surface area contributed by atoms with Crippen LogP contribution in [0.5, 0.6) is 0 Å². The third kappa shape index (κ3) is 1.46. The summed E-state index contributed by atoms with van der Waals surface area (Å²) in [7, 11) is 0. The Hall–Kier alpha value is -0.560. The van der Waals surface area contributed by atoms with Crippen LogP contribution in [0.4, 0.5) is 0 Å². The topological polar surface area (TPSA) is 3.24 Å². The van der Waals surface area contributed by atoms with Gasteiger partial charge in [0.1, 0.15) is 0 Å². The van der Waals surface area contributed by atoms with E-state index < -0.39 is 0 Å². The van der Waals surface area contributed by atoms with Crippen LogP contribution < -0.4 is 0 Å². The Kier molecular flexibility index (Phi) is 2.31. The largest absolute Gasteiger partial charge is 0.296 e. The Bertz CT molecular complexity index is 201. The van der Waals surface area contributed by atoms with E-state index in [9.17, 15) is 0 Å². The van der Waals surface area contributed by atoms with Gasteiger partial charge in [0.05, 0.1) is 0 Å². The summed E-state index contributed by atoms with van der Waals surface area (Å²) >= 11 is 0. The van der Waals surface area contributed by atoms with Gasteiger partial charge < -0.3 is 0 Å². The molecule has 2 saturated heterocycles. The molecule has 0 radical (unpaired) electrons. The van der Waals surface area contributed by atoms with E-state index in [1.807, 2.05) is 0 Å². The number of hydrogen-bond donors (Lipinski definition) is 0. The molecule has 0 spiro atoms. The van der Waals surface area contributed by atoms with Crippen LogP contribution in [0.25, 0.3) is 0 Å². The van der Waals surface area contributed by atoms with Gasteiger partial charge in [0.15, 0.2) is 0 Å². The maximum absolute atomic E-state index is 2.62. The van der Waals surface area contributed by atoms with E-state index in [-0.39, 0.29) is 0 Å². The van der Waals surface area contributed by atoms with Gasteiger partial charge in [-0.2, -0.15) is 0 Å². The predicted molar refractivity (Wildman–Crippen MR) is 52.1 cm³/mol. The van der Waals surface area contributed by atoms with Gasteiger partial charge in [-0.25, -0.2) is 0 Å². The zero-order chi connectivity index (χ0) is 8.39. The van der Waals surface area contributed by atoms with Gasteiger partial charge in [-0.05, 0) is 32.7 Å². The molecule has 2 aliphatic heterocycles. The Labute approximate surface area is 74.8 Å². The molecule has 2 fully saturated rings. The third-order valence-electron chi connectivity index (χ3n) is 2.93. The molecule has 0 aliphatic carbocycles. The van der Waals surface area contributed by atoms with Gasteiger partial charge in [0.25, 0.3) is 0 Å². The zero-order valence-electron chi connectivity index (χ0n) is 7.79. The van der Waals surface area contributed by atoms with Crippen LogP contribution in [-0.4, -0.2) is 24.0 Å². The van der Waals surface area contributed by atoms with Crippen LogP contribution >= 0.6 is 0 Å². The fourth-order valence-electron chi connectivity index (χ4n) is 2.32. The fourth-order valence-corrected chi connectivity index (χ4v) is 2.32. The first-order chi connectivity index (χ1) is 5.90. The molecule has 0 amide bonds. The van der Waals surface area contributed by atoms with E-state index in [2.05, 4.69) is 30.1 Å². The smallest absolute Gasteiger partial charge is 0.0199 e. The maximum atomic E-state index is 2.62. The summed E-state index contributed by atoms with van der Waals surface area (Å²) in [4.78, 5) is 2.62. The lowest BCUT2D eigenvalue weighted by molar-refractivity contribution is 0.327. The highest BCUT2D eigenvalue weighted by Crippen LogP contribution is 2.30. The van der Waals surface area contributed by atoms with Crippen LogP contribution in [0.1, 0.15) is 26.2 Å². The molecule has 0 aromatic rings. The van der Waals surface area contributed by atoms with Gasteiger partial charge in [0, 0.05) is 12.6 Å². The van der Waals surface area contributed by atoms with E-state index in [0.29, 0.717) is 0 Å². The Morgan fingerprint density at radius 3 is 3.17 bits per heavy atom. The Morgan fingerprint density at radius 2 is 2.42 bits per heavy atom. The molecule has 0 aromatic carbocycles. The average molecular weight is 163 g/mol. The molecule has 0 aromatic heterocycles. The second kappa shape index (κ2) is 3.44. The SMILES string of the molecule is C/C=C\C=C1\CC2CCCN2C1. The molecular weight excluding hydrogens is 146 g/mol. The fraction of sp³-hybridized carbons (Fsp3) is 0.636. The summed E-state index contributed by atoms with van der Waals surface area (Å²) < 4.78 is 0. The van der Waals surface area contributed by atoms with Crippen LogP contribution in [0.15, 0.2) is 23.8 Å². The molecule has 2 rings (SSSR count). The molecule has 0 N–H and O–H groups in total. The van der Waals surface area contributed by atoms with Crippen molar-refractivity contribution in [1.82, 2.24) is 4.90 Å². The number of fused-ring (bicyclic) bond motifs is 1. The van der Waals surface area contributed by atoms with Crippen LogP contribution in [-0.2, 0) is 0 Å². The monoisotopic (exact) mass is 163 g/mol. The van der Waals surface area contributed by atoms with E-state index in [1.165, 1.54) is 32.4 Å². The van der Waals surface area contributed by atoms with E-state index in [4.69, 9.17) is 0 Å². The van der Waals surface area contributed by atoms with Crippen molar-refractivity contribution in [2.75, 3.05) is 13.1 Å². The summed E-state index contributed by atoms with van der Waals surface area (Å²) in [6, 6.07) is 0.890. The van der Waals surface area contributed by atoms with Crippen molar-refractivity contribution < 1.29 is 0 Å². The molecule has 0 saturated carbocycles. The molecule has 2 heterocycles. The highest BCUT2D eigenvalue weighted by molar-refractivity contribution is 5.19. The van der Waals surface area contributed by atoms with Crippen LogP contribution in [0.3, 0.4) is 0 Å². The van der Waals surface area contributed by atoms with E-state index in [1.54, 1.807) is 5.57 Å². The first kappa shape index (κ1) is 8.06. The minimum atomic E-state index is 0.890. The lowest BCUT2D eigenvalue weighted by Crippen LogP contribution is -2.21. The molecule has 1 nitrogen and oxygen atoms in total. The molecule has 1 heteroatoms. The first-order valence-corrected chi connectivity index (χ1v) is 4.95. The summed E-state index contributed by atoms with van der Waals surface area (Å²) in [5.41, 5.74) is 1.62. The lowest BCUT2D eigenvalue weighted by Gasteiger charge is -2.11. The highest BCUT2D eigenvalue weighted by Gasteiger charge is 2.30. The van der Waals surface area contributed by atoms with Crippen molar-refractivity contribution in [3.8, 4) is 0 Å². The third-order valence-corrected chi connectivity index (χ3v) is 2.93. The van der Waals surface area contributed by atoms with E-state index in [0.717, 1.165) is 6.04 Å². The van der Waals surface area contributed by atoms with Crippen molar-refractivity contribution in [1.29, 1.82) is 0 Å². The standard InChI is InChI=1S/C11H17N/c1-2-3-5-10-8-11-6-4-7-12(11)9-10/h2-3,5,11H,4,6-9H2,1H3/b3-2-,10-5-. The van der Waals surface area contributed by atoms with Crippen LogP contribution in [0, 0.1) is 0 Å². The lowest BCUT2D eigenvalue weighted by atomic mass is 10.1. The van der Waals surface area contributed by atoms with Gasteiger partial charge in [-0.3, -0.25) is 4.90 Å². The molecule has 1 atom stereocenters. The molecule has 2 aliphatic rings. The first-order valence-electron chi connectivity index (χ1n) is 4.95. The number of allylic oxidation sites excluding steroid dienone is 3. The quantitative estimate of drug-likeness (QED) is 0.573. The van der Waals surface area contributed by atoms with Crippen molar-refractivity contribution in [2.45, 2.75) is 32.2 Å². The molecule has 66 valence electrons. The molecule has 12 heavy (non-hydrogen) atoms. The van der Waals surface area contributed by atoms with Gasteiger partial charge in [-0.15, -0.1) is 0 Å². The average Bonchev–Trinajstić information content (AvgIpc) is 2.58. The van der Waals surface area contributed by atoms with Gasteiger partial charge >= 0.3 is 0 Å². The number of rotatable bonds is 1. The Morgan fingerprint density at radius 1 is 1.50 bits per heavy atom. The summed E-state index contributed by atoms with van der Waals surface area (Å²) in [6.45, 7) is 4.64. The summed E-state index contributed by atoms with van der Waals surface area (Å²) in [5.74, 6) is 0. The van der Waals surface area contributed by atoms with Gasteiger partial charge in [-0.1, -0.05) is 23.8 Å². The van der Waals surface area contributed by atoms with Crippen molar-refractivity contribution in [2.24, 2.45) is 0 Å². The predicted octanol–water partition coefficient (Wildman–Crippen LogP) is 2.36. The highest BCUT2D eigenvalue weighted by atomic mass is 15.2. The molecule has 1 unspecified atom stereocenters. The maximum Gasteiger partial charge on any atom is 0.0199 e. The number of hydrogen-bond acceptors (Lipinski definition) is 1. The van der Waals surface area contributed by atoms with Crippen LogP contribution in [0.2, 0.25) is 0 Å². The zero-order valence-corrected chi connectivity index (χ0v) is 7.79. The van der Waals surface area contributed by atoms with Crippen molar-refractivity contribution in [3.05, 3.63) is 23.8 Å². The Balaban J connectivity index is 1.98. The second-order valence-electron chi connectivity index (χ2n) is 3.82. The van der Waals surface area contributed by atoms with Crippen molar-refractivity contribution in [3.63, 3.8) is 0 Å². The van der Waals surface area contributed by atoms with Crippen molar-refractivity contribution >= 4 is 0 Å². The molecular formula is C11H17N. The van der Waals surface area contributed by atoms with Gasteiger partial charge in [0.2, 0.25) is 0 Å². The van der Waals surface area contributed by atoms with E-state index >= 15 is 0 Å². The number of nitrogens with zero attached hydrogens (tertiary/aromatic N) is 1. The summed E-state index contributed by atoms with van der Waals surface area (Å²) in [5, 5.41) is 0. The molecule has 0 bridgehead atoms. The second-order valence-corrected chi connectivity index (χ2v) is 3.82. The minimum absolute atomic E-state index is 0.890.